The van der Waals surface area contributed by atoms with Gasteiger partial charge < -0.3 is 4.42 Å². The number of ketones is 1. The maximum absolute atomic E-state index is 12.8. The third kappa shape index (κ3) is 4.06. The van der Waals surface area contributed by atoms with E-state index in [-0.39, 0.29) is 18.6 Å². The Morgan fingerprint density at radius 2 is 1.79 bits per heavy atom. The number of halogens is 3. The molecule has 0 N–H and O–H groups in total. The number of rotatable bonds is 5. The molecule has 148 valence electrons. The van der Waals surface area contributed by atoms with Crippen molar-refractivity contribution < 1.29 is 22.4 Å². The van der Waals surface area contributed by atoms with Crippen molar-refractivity contribution in [1.82, 2.24) is 14.6 Å². The molecule has 0 atom stereocenters. The second kappa shape index (κ2) is 7.20. The largest absolute Gasteiger partial charge is 0.417 e. The average molecular weight is 399 g/mol. The first-order chi connectivity index (χ1) is 13.8. The van der Waals surface area contributed by atoms with Gasteiger partial charge in [-0.25, -0.2) is 4.98 Å². The Kier molecular flexibility index (Phi) is 4.70. The van der Waals surface area contributed by atoms with E-state index in [1.54, 1.807) is 35.0 Å². The molecule has 0 unspecified atom stereocenters. The maximum Gasteiger partial charge on any atom is 0.416 e. The van der Waals surface area contributed by atoms with Crippen LogP contribution >= 0.6 is 0 Å². The Labute approximate surface area is 163 Å². The number of aromatic nitrogens is 3. The predicted molar refractivity (Wildman–Crippen MR) is 99.3 cm³/mol. The van der Waals surface area contributed by atoms with Crippen LogP contribution in [0.3, 0.4) is 0 Å². The van der Waals surface area contributed by atoms with Crippen LogP contribution in [0.25, 0.3) is 17.2 Å². The van der Waals surface area contributed by atoms with Crippen LogP contribution in [-0.2, 0) is 23.8 Å². The summed E-state index contributed by atoms with van der Waals surface area (Å²) in [7, 11) is 0. The fraction of sp³-hybridized carbons (Fsp3) is 0.190. The van der Waals surface area contributed by atoms with E-state index in [0.29, 0.717) is 23.0 Å². The predicted octanol–water partition coefficient (Wildman–Crippen LogP) is 4.67. The number of carbonyl (C=O) groups excluding carboxylic acids is 1. The summed E-state index contributed by atoms with van der Waals surface area (Å²) in [6, 6.07) is 12.0. The van der Waals surface area contributed by atoms with Crippen LogP contribution in [0.2, 0.25) is 0 Å². The third-order valence-electron chi connectivity index (χ3n) is 4.53. The Balaban J connectivity index is 1.44. The Morgan fingerprint density at radius 1 is 1.07 bits per heavy atom. The Bertz CT molecular complexity index is 1170. The van der Waals surface area contributed by atoms with E-state index in [1.807, 2.05) is 6.92 Å². The highest BCUT2D eigenvalue weighted by atomic mass is 19.4. The van der Waals surface area contributed by atoms with Gasteiger partial charge in [-0.05, 0) is 36.2 Å². The normalized spacial score (nSPS) is 11.9. The zero-order chi connectivity index (χ0) is 20.6. The topological polar surface area (TPSA) is 60.4 Å². The molecule has 0 bridgehead atoms. The quantitative estimate of drug-likeness (QED) is 0.489. The number of carbonyl (C=O) groups is 1. The number of Topliss-reactive ketones (excluding diaryl/α,β-unsaturated/α-hetero) is 1. The Hall–Kier alpha value is -3.42. The number of fused-ring (bicyclic) bond motifs is 1. The van der Waals surface area contributed by atoms with Crippen molar-refractivity contribution in [3.8, 4) is 11.5 Å². The summed E-state index contributed by atoms with van der Waals surface area (Å²) in [6.07, 6.45) is -2.75. The van der Waals surface area contributed by atoms with E-state index in [0.717, 1.165) is 23.3 Å². The molecule has 0 radical (unpaired) electrons. The van der Waals surface area contributed by atoms with Gasteiger partial charge in [0.2, 0.25) is 11.6 Å². The number of hydrogen-bond acceptors (Lipinski definition) is 4. The fourth-order valence-electron chi connectivity index (χ4n) is 3.08. The first kappa shape index (κ1) is 18.9. The van der Waals surface area contributed by atoms with E-state index in [4.69, 9.17) is 4.42 Å². The van der Waals surface area contributed by atoms with Gasteiger partial charge in [0.15, 0.2) is 0 Å². The summed E-state index contributed by atoms with van der Waals surface area (Å²) in [5.74, 6) is 0.989. The number of alkyl halides is 3. The molecule has 2 heterocycles. The maximum atomic E-state index is 12.8. The second-order valence-electron chi connectivity index (χ2n) is 6.75. The third-order valence-corrected chi connectivity index (χ3v) is 4.53. The smallest absolute Gasteiger partial charge is 0.416 e. The van der Waals surface area contributed by atoms with Crippen molar-refractivity contribution in [1.29, 1.82) is 0 Å². The van der Waals surface area contributed by atoms with Gasteiger partial charge in [0, 0.05) is 18.4 Å². The van der Waals surface area contributed by atoms with E-state index in [2.05, 4.69) is 10.1 Å². The number of nitrogens with zero attached hydrogens (tertiary/aromatic N) is 3. The number of imidazole rings is 1. The molecule has 2 aromatic carbocycles. The fourth-order valence-corrected chi connectivity index (χ4v) is 3.08. The molecule has 5 nitrogen and oxygen atoms in total. The SMILES string of the molecule is Cc1ncc2oc(-c3ccc(CC(=O)Cc4cccc(C(F)(F)F)c4)cc3)nn12. The van der Waals surface area contributed by atoms with Crippen LogP contribution in [0.1, 0.15) is 22.5 Å². The minimum absolute atomic E-state index is 0.0524. The highest BCUT2D eigenvalue weighted by Crippen LogP contribution is 2.29. The lowest BCUT2D eigenvalue weighted by Gasteiger charge is -2.08. The van der Waals surface area contributed by atoms with Gasteiger partial charge in [-0.15, -0.1) is 5.10 Å². The summed E-state index contributed by atoms with van der Waals surface area (Å²) in [5, 5.41) is 4.35. The lowest BCUT2D eigenvalue weighted by molar-refractivity contribution is -0.137. The molecule has 4 aromatic rings. The number of hydrogen-bond donors (Lipinski definition) is 0. The summed E-state index contributed by atoms with van der Waals surface area (Å²) in [6.45, 7) is 1.82. The average Bonchev–Trinajstić information content (AvgIpc) is 3.24. The summed E-state index contributed by atoms with van der Waals surface area (Å²) < 4.78 is 45.6. The van der Waals surface area contributed by atoms with Crippen LogP contribution in [-0.4, -0.2) is 20.4 Å². The van der Waals surface area contributed by atoms with E-state index >= 15 is 0 Å². The van der Waals surface area contributed by atoms with E-state index in [1.165, 1.54) is 12.1 Å². The van der Waals surface area contributed by atoms with Gasteiger partial charge in [-0.1, -0.05) is 30.3 Å². The molecule has 0 amide bonds. The molecule has 0 aliphatic heterocycles. The van der Waals surface area contributed by atoms with Crippen LogP contribution in [0, 0.1) is 6.92 Å². The van der Waals surface area contributed by atoms with Crippen LogP contribution < -0.4 is 0 Å². The summed E-state index contributed by atoms with van der Waals surface area (Å²) in [5.41, 5.74) is 1.66. The number of aryl methyl sites for hydroxylation is 1. The molecule has 29 heavy (non-hydrogen) atoms. The second-order valence-corrected chi connectivity index (χ2v) is 6.75. The monoisotopic (exact) mass is 399 g/mol. The van der Waals surface area contributed by atoms with Crippen molar-refractivity contribution in [2.24, 2.45) is 0 Å². The van der Waals surface area contributed by atoms with Gasteiger partial charge in [-0.2, -0.15) is 17.7 Å². The van der Waals surface area contributed by atoms with E-state index < -0.39 is 11.7 Å². The standard InChI is InChI=1S/C21H16F3N3O2/c1-13-25-12-19-27(13)26-20(29-19)16-7-5-14(6-8-16)10-18(28)11-15-3-2-4-17(9-15)21(22,23)24/h2-9,12H,10-11H2,1H3. The van der Waals surface area contributed by atoms with Gasteiger partial charge in [-0.3, -0.25) is 4.79 Å². The van der Waals surface area contributed by atoms with Crippen molar-refractivity contribution in [2.45, 2.75) is 25.9 Å². The summed E-state index contributed by atoms with van der Waals surface area (Å²) >= 11 is 0. The molecule has 0 saturated heterocycles. The minimum atomic E-state index is -4.42. The van der Waals surface area contributed by atoms with E-state index in [9.17, 15) is 18.0 Å². The van der Waals surface area contributed by atoms with Gasteiger partial charge in [0.25, 0.3) is 0 Å². The van der Waals surface area contributed by atoms with Crippen LogP contribution in [0.5, 0.6) is 0 Å². The lowest BCUT2D eigenvalue weighted by atomic mass is 10.0. The molecule has 0 aliphatic carbocycles. The molecule has 0 aliphatic rings. The highest BCUT2D eigenvalue weighted by Gasteiger charge is 2.30. The van der Waals surface area contributed by atoms with Crippen molar-refractivity contribution in [3.63, 3.8) is 0 Å². The van der Waals surface area contributed by atoms with Gasteiger partial charge in [0.05, 0.1) is 11.8 Å². The molecule has 0 spiro atoms. The first-order valence-corrected chi connectivity index (χ1v) is 8.88. The lowest BCUT2D eigenvalue weighted by Crippen LogP contribution is -2.09. The molecule has 0 saturated carbocycles. The van der Waals surface area contributed by atoms with Crippen molar-refractivity contribution >= 4 is 11.5 Å². The van der Waals surface area contributed by atoms with Crippen LogP contribution in [0.4, 0.5) is 13.2 Å². The zero-order valence-corrected chi connectivity index (χ0v) is 15.4. The minimum Gasteiger partial charge on any atom is -0.417 e. The molecular formula is C21H16F3N3O2. The van der Waals surface area contributed by atoms with Crippen LogP contribution in [0.15, 0.2) is 59.1 Å². The molecule has 8 heteroatoms. The molecule has 2 aromatic heterocycles. The van der Waals surface area contributed by atoms with Crippen molar-refractivity contribution in [3.05, 3.63) is 77.2 Å². The van der Waals surface area contributed by atoms with Gasteiger partial charge >= 0.3 is 6.18 Å². The zero-order valence-electron chi connectivity index (χ0n) is 15.4. The molecular weight excluding hydrogens is 383 g/mol. The summed E-state index contributed by atoms with van der Waals surface area (Å²) in [4.78, 5) is 16.4. The highest BCUT2D eigenvalue weighted by molar-refractivity contribution is 5.83. The molecule has 4 rings (SSSR count). The first-order valence-electron chi connectivity index (χ1n) is 8.88. The Morgan fingerprint density at radius 3 is 2.48 bits per heavy atom. The molecule has 0 fully saturated rings. The van der Waals surface area contributed by atoms with Crippen molar-refractivity contribution in [2.75, 3.05) is 0 Å². The number of benzene rings is 2. The van der Waals surface area contributed by atoms with Gasteiger partial charge in [0.1, 0.15) is 11.6 Å².